The number of benzene rings is 2. The minimum atomic E-state index is 0.0498. The number of nitrogens with one attached hydrogen (secondary N) is 1. The minimum Gasteiger partial charge on any atom is -0.496 e. The molecule has 0 saturated heterocycles. The highest BCUT2D eigenvalue weighted by molar-refractivity contribution is 9.10. The summed E-state index contributed by atoms with van der Waals surface area (Å²) in [5, 5.41) is 0. The maximum Gasteiger partial charge on any atom is 0.122 e. The molecule has 0 saturated carbocycles. The molecule has 0 spiro atoms. The quantitative estimate of drug-likeness (QED) is 0.637. The Morgan fingerprint density at radius 2 is 1.95 bits per heavy atom. The Morgan fingerprint density at radius 3 is 2.57 bits per heavy atom. The van der Waals surface area contributed by atoms with Crippen molar-refractivity contribution >= 4 is 15.9 Å². The number of halogens is 1. The van der Waals surface area contributed by atoms with Crippen LogP contribution in [-0.2, 0) is 6.42 Å². The van der Waals surface area contributed by atoms with E-state index in [0.717, 1.165) is 22.2 Å². The van der Waals surface area contributed by atoms with Crippen molar-refractivity contribution in [3.63, 3.8) is 0 Å². The Labute approximate surface area is 134 Å². The summed E-state index contributed by atoms with van der Waals surface area (Å²) in [4.78, 5) is 0. The molecule has 0 bridgehead atoms. The summed E-state index contributed by atoms with van der Waals surface area (Å²) < 4.78 is 6.48. The Bertz CT molecular complexity index is 628. The number of ether oxygens (including phenoxy) is 1. The third kappa shape index (κ3) is 3.84. The zero-order valence-electron chi connectivity index (χ0n) is 12.6. The fraction of sp³-hybridized carbons (Fsp3) is 0.294. The first-order valence-electron chi connectivity index (χ1n) is 6.91. The molecule has 1 unspecified atom stereocenters. The van der Waals surface area contributed by atoms with E-state index in [1.807, 2.05) is 12.1 Å². The molecule has 2 aromatic rings. The summed E-state index contributed by atoms with van der Waals surface area (Å²) in [6.07, 6.45) is 0.767. The van der Waals surface area contributed by atoms with Crippen molar-refractivity contribution in [3.8, 4) is 5.75 Å². The van der Waals surface area contributed by atoms with Crippen LogP contribution in [0.5, 0.6) is 5.75 Å². The van der Waals surface area contributed by atoms with Crippen LogP contribution in [0.25, 0.3) is 0 Å². The molecule has 0 aromatic heterocycles. The SMILES string of the molecule is COc1ccc(Br)cc1CC(NN)c1ccc(C)cc1C. The normalized spacial score (nSPS) is 12.2. The van der Waals surface area contributed by atoms with Crippen molar-refractivity contribution in [2.45, 2.75) is 26.3 Å². The first-order chi connectivity index (χ1) is 10.0. The van der Waals surface area contributed by atoms with Crippen LogP contribution in [0, 0.1) is 13.8 Å². The number of hydrazine groups is 1. The van der Waals surface area contributed by atoms with Crippen molar-refractivity contribution in [1.82, 2.24) is 5.43 Å². The highest BCUT2D eigenvalue weighted by Crippen LogP contribution is 2.29. The largest absolute Gasteiger partial charge is 0.496 e. The molecule has 3 N–H and O–H groups in total. The van der Waals surface area contributed by atoms with Gasteiger partial charge in [0.25, 0.3) is 0 Å². The van der Waals surface area contributed by atoms with Gasteiger partial charge in [-0.15, -0.1) is 0 Å². The van der Waals surface area contributed by atoms with Gasteiger partial charge >= 0.3 is 0 Å². The first-order valence-corrected chi connectivity index (χ1v) is 7.70. The Kier molecular flexibility index (Phi) is 5.39. The second-order valence-corrected chi connectivity index (χ2v) is 6.16. The van der Waals surface area contributed by atoms with Gasteiger partial charge in [-0.3, -0.25) is 11.3 Å². The Balaban J connectivity index is 2.33. The highest BCUT2D eigenvalue weighted by atomic mass is 79.9. The smallest absolute Gasteiger partial charge is 0.122 e. The van der Waals surface area contributed by atoms with E-state index in [-0.39, 0.29) is 6.04 Å². The van der Waals surface area contributed by atoms with E-state index in [1.54, 1.807) is 7.11 Å². The van der Waals surface area contributed by atoms with Gasteiger partial charge in [-0.1, -0.05) is 39.7 Å². The topological polar surface area (TPSA) is 47.3 Å². The van der Waals surface area contributed by atoms with E-state index in [2.05, 4.69) is 59.5 Å². The second kappa shape index (κ2) is 7.07. The minimum absolute atomic E-state index is 0.0498. The molecular weight excluding hydrogens is 328 g/mol. The fourth-order valence-corrected chi connectivity index (χ4v) is 3.01. The standard InChI is InChI=1S/C17H21BrN2O/c1-11-4-6-15(12(2)8-11)16(20-19)10-13-9-14(18)5-7-17(13)21-3/h4-9,16,20H,10,19H2,1-3H3. The molecule has 0 radical (unpaired) electrons. The van der Waals surface area contributed by atoms with Gasteiger partial charge in [-0.05, 0) is 55.2 Å². The molecule has 2 aromatic carbocycles. The van der Waals surface area contributed by atoms with Gasteiger partial charge in [0.15, 0.2) is 0 Å². The summed E-state index contributed by atoms with van der Waals surface area (Å²) in [5.41, 5.74) is 7.76. The maximum atomic E-state index is 5.79. The van der Waals surface area contributed by atoms with Crippen LogP contribution in [0.4, 0.5) is 0 Å². The van der Waals surface area contributed by atoms with Crippen molar-refractivity contribution in [2.24, 2.45) is 5.84 Å². The van der Waals surface area contributed by atoms with Crippen molar-refractivity contribution in [2.75, 3.05) is 7.11 Å². The number of hydrogen-bond donors (Lipinski definition) is 2. The lowest BCUT2D eigenvalue weighted by molar-refractivity contribution is 0.405. The lowest BCUT2D eigenvalue weighted by Gasteiger charge is -2.20. The number of methoxy groups -OCH3 is 1. The second-order valence-electron chi connectivity index (χ2n) is 5.24. The predicted octanol–water partition coefficient (Wildman–Crippen LogP) is 3.82. The van der Waals surface area contributed by atoms with Gasteiger partial charge in [-0.25, -0.2) is 0 Å². The van der Waals surface area contributed by atoms with Crippen LogP contribution in [0.3, 0.4) is 0 Å². The summed E-state index contributed by atoms with van der Waals surface area (Å²) in [6, 6.07) is 12.5. The molecule has 21 heavy (non-hydrogen) atoms. The molecule has 1 atom stereocenters. The third-order valence-electron chi connectivity index (χ3n) is 3.67. The summed E-state index contributed by atoms with van der Waals surface area (Å²) >= 11 is 3.51. The highest BCUT2D eigenvalue weighted by Gasteiger charge is 2.15. The van der Waals surface area contributed by atoms with E-state index < -0.39 is 0 Å². The Hall–Kier alpha value is -1.36. The molecule has 0 amide bonds. The first kappa shape index (κ1) is 16.0. The lowest BCUT2D eigenvalue weighted by atomic mass is 9.94. The van der Waals surface area contributed by atoms with Crippen molar-refractivity contribution < 1.29 is 4.74 Å². The van der Waals surface area contributed by atoms with Crippen LogP contribution in [0.15, 0.2) is 40.9 Å². The number of hydrogen-bond acceptors (Lipinski definition) is 3. The van der Waals surface area contributed by atoms with E-state index in [1.165, 1.54) is 16.7 Å². The molecule has 4 heteroatoms. The van der Waals surface area contributed by atoms with Crippen LogP contribution in [-0.4, -0.2) is 7.11 Å². The van der Waals surface area contributed by atoms with Crippen LogP contribution < -0.4 is 16.0 Å². The van der Waals surface area contributed by atoms with E-state index in [9.17, 15) is 0 Å². The molecular formula is C17H21BrN2O. The summed E-state index contributed by atoms with van der Waals surface area (Å²) in [7, 11) is 1.69. The van der Waals surface area contributed by atoms with Gasteiger partial charge in [-0.2, -0.15) is 0 Å². The van der Waals surface area contributed by atoms with E-state index in [0.29, 0.717) is 0 Å². The molecule has 112 valence electrons. The molecule has 0 aliphatic rings. The zero-order chi connectivity index (χ0) is 15.4. The molecule has 3 nitrogen and oxygen atoms in total. The van der Waals surface area contributed by atoms with E-state index in [4.69, 9.17) is 10.6 Å². The van der Waals surface area contributed by atoms with Crippen LogP contribution in [0.2, 0.25) is 0 Å². The van der Waals surface area contributed by atoms with Gasteiger partial charge in [0.1, 0.15) is 5.75 Å². The van der Waals surface area contributed by atoms with Gasteiger partial charge in [0.2, 0.25) is 0 Å². The number of rotatable bonds is 5. The number of nitrogens with two attached hydrogens (primary N) is 1. The maximum absolute atomic E-state index is 5.79. The molecule has 0 aliphatic carbocycles. The van der Waals surface area contributed by atoms with Crippen LogP contribution >= 0.6 is 15.9 Å². The fourth-order valence-electron chi connectivity index (χ4n) is 2.60. The Morgan fingerprint density at radius 1 is 1.19 bits per heavy atom. The monoisotopic (exact) mass is 348 g/mol. The molecule has 2 rings (SSSR count). The average Bonchev–Trinajstić information content (AvgIpc) is 2.45. The predicted molar refractivity (Wildman–Crippen MR) is 90.4 cm³/mol. The zero-order valence-corrected chi connectivity index (χ0v) is 14.2. The van der Waals surface area contributed by atoms with Crippen molar-refractivity contribution in [3.05, 3.63) is 63.1 Å². The van der Waals surface area contributed by atoms with E-state index >= 15 is 0 Å². The average molecular weight is 349 g/mol. The van der Waals surface area contributed by atoms with Gasteiger partial charge in [0, 0.05) is 4.47 Å². The third-order valence-corrected chi connectivity index (χ3v) is 4.16. The lowest BCUT2D eigenvalue weighted by Crippen LogP contribution is -2.30. The number of aryl methyl sites for hydroxylation is 2. The summed E-state index contributed by atoms with van der Waals surface area (Å²) in [6.45, 7) is 4.21. The molecule has 0 heterocycles. The summed E-state index contributed by atoms with van der Waals surface area (Å²) in [5.74, 6) is 6.66. The molecule has 0 aliphatic heterocycles. The van der Waals surface area contributed by atoms with Crippen molar-refractivity contribution in [1.29, 1.82) is 0 Å². The van der Waals surface area contributed by atoms with Gasteiger partial charge < -0.3 is 4.74 Å². The molecule has 0 fully saturated rings. The van der Waals surface area contributed by atoms with Crippen LogP contribution in [0.1, 0.15) is 28.3 Å². The van der Waals surface area contributed by atoms with Gasteiger partial charge in [0.05, 0.1) is 13.2 Å².